The number of nitrogens with two attached hydrogens (primary N) is 1. The summed E-state index contributed by atoms with van der Waals surface area (Å²) in [7, 11) is 1.59. The Morgan fingerprint density at radius 3 is 2.92 bits per heavy atom. The molecule has 1 heterocycles. The van der Waals surface area contributed by atoms with Gasteiger partial charge >= 0.3 is 0 Å². The molecule has 24 heavy (non-hydrogen) atoms. The fraction of sp³-hybridized carbons (Fsp3) is 0.222. The second-order valence-corrected chi connectivity index (χ2v) is 5.47. The summed E-state index contributed by atoms with van der Waals surface area (Å²) in [6.07, 6.45) is -0.327. The van der Waals surface area contributed by atoms with Gasteiger partial charge < -0.3 is 15.2 Å². The first-order valence-electron chi connectivity index (χ1n) is 7.50. The van der Waals surface area contributed by atoms with Crippen LogP contribution in [0, 0.1) is 11.3 Å². The SMILES string of the molecule is COc1cccc(CC2Oc3cc(N)ccc3N(CC#N)C2=O)c1. The smallest absolute Gasteiger partial charge is 0.269 e. The maximum absolute atomic E-state index is 12.7. The third kappa shape index (κ3) is 2.97. The van der Waals surface area contributed by atoms with E-state index in [1.54, 1.807) is 25.3 Å². The second-order valence-electron chi connectivity index (χ2n) is 5.47. The highest BCUT2D eigenvalue weighted by Gasteiger charge is 2.34. The van der Waals surface area contributed by atoms with E-state index in [4.69, 9.17) is 20.5 Å². The van der Waals surface area contributed by atoms with Gasteiger partial charge in [0.05, 0.1) is 18.9 Å². The summed E-state index contributed by atoms with van der Waals surface area (Å²) in [6.45, 7) is -0.0340. The van der Waals surface area contributed by atoms with Crippen molar-refractivity contribution < 1.29 is 14.3 Å². The Bertz CT molecular complexity index is 813. The molecule has 6 nitrogen and oxygen atoms in total. The predicted molar refractivity (Wildman–Crippen MR) is 89.9 cm³/mol. The van der Waals surface area contributed by atoms with Crippen molar-refractivity contribution in [2.75, 3.05) is 24.3 Å². The lowest BCUT2D eigenvalue weighted by molar-refractivity contribution is -0.126. The number of amides is 1. The summed E-state index contributed by atoms with van der Waals surface area (Å²) >= 11 is 0. The van der Waals surface area contributed by atoms with Gasteiger partial charge in [-0.15, -0.1) is 0 Å². The molecule has 0 bridgehead atoms. The van der Waals surface area contributed by atoms with Crippen molar-refractivity contribution in [2.24, 2.45) is 0 Å². The number of nitrogens with zero attached hydrogens (tertiary/aromatic N) is 2. The van der Waals surface area contributed by atoms with Gasteiger partial charge in [0.25, 0.3) is 5.91 Å². The van der Waals surface area contributed by atoms with Crippen LogP contribution >= 0.6 is 0 Å². The van der Waals surface area contributed by atoms with E-state index in [0.717, 1.165) is 5.56 Å². The molecule has 2 N–H and O–H groups in total. The number of carbonyl (C=O) groups is 1. The van der Waals surface area contributed by atoms with Gasteiger partial charge in [-0.2, -0.15) is 5.26 Å². The van der Waals surface area contributed by atoms with Gasteiger partial charge in [-0.25, -0.2) is 0 Å². The maximum Gasteiger partial charge on any atom is 0.269 e. The average Bonchev–Trinajstić information content (AvgIpc) is 2.58. The quantitative estimate of drug-likeness (QED) is 0.688. The van der Waals surface area contributed by atoms with Crippen LogP contribution in [0.3, 0.4) is 0 Å². The molecule has 0 radical (unpaired) electrons. The minimum Gasteiger partial charge on any atom is -0.497 e. The first kappa shape index (κ1) is 15.7. The van der Waals surface area contributed by atoms with Gasteiger partial charge in [-0.05, 0) is 29.8 Å². The van der Waals surface area contributed by atoms with Crippen LogP contribution in [0.15, 0.2) is 42.5 Å². The van der Waals surface area contributed by atoms with Crippen LogP contribution < -0.4 is 20.1 Å². The maximum atomic E-state index is 12.7. The zero-order chi connectivity index (χ0) is 17.1. The van der Waals surface area contributed by atoms with Crippen LogP contribution in [0.1, 0.15) is 5.56 Å². The average molecular weight is 323 g/mol. The van der Waals surface area contributed by atoms with E-state index >= 15 is 0 Å². The molecule has 0 fully saturated rings. The summed E-state index contributed by atoms with van der Waals surface area (Å²) in [5.74, 6) is 0.990. The Morgan fingerprint density at radius 2 is 2.17 bits per heavy atom. The van der Waals surface area contributed by atoms with Crippen LogP contribution in [0.5, 0.6) is 11.5 Å². The van der Waals surface area contributed by atoms with Crippen LogP contribution in [-0.2, 0) is 11.2 Å². The Balaban J connectivity index is 1.91. The molecule has 3 rings (SSSR count). The first-order chi connectivity index (χ1) is 11.6. The Labute approximate surface area is 140 Å². The predicted octanol–water partition coefficient (Wildman–Crippen LogP) is 2.14. The van der Waals surface area contributed by atoms with Gasteiger partial charge in [0.1, 0.15) is 18.0 Å². The van der Waals surface area contributed by atoms with Crippen LogP contribution in [-0.4, -0.2) is 25.7 Å². The Morgan fingerprint density at radius 1 is 1.33 bits per heavy atom. The van der Waals surface area contributed by atoms with Crippen molar-refractivity contribution in [2.45, 2.75) is 12.5 Å². The minimum absolute atomic E-state index is 0.0340. The number of ether oxygens (including phenoxy) is 2. The van der Waals surface area contributed by atoms with Gasteiger partial charge in [-0.3, -0.25) is 9.69 Å². The standard InChI is InChI=1S/C18H17N3O3/c1-23-14-4-2-3-12(9-14)10-17-18(22)21(8-7-19)15-6-5-13(20)11-16(15)24-17/h2-6,9,11,17H,8,10,20H2,1H3. The third-order valence-corrected chi connectivity index (χ3v) is 3.87. The lowest BCUT2D eigenvalue weighted by Crippen LogP contribution is -2.47. The fourth-order valence-corrected chi connectivity index (χ4v) is 2.72. The number of rotatable bonds is 4. The number of fused-ring (bicyclic) bond motifs is 1. The van der Waals surface area contributed by atoms with Gasteiger partial charge in [0.2, 0.25) is 0 Å². The van der Waals surface area contributed by atoms with Crippen molar-refractivity contribution in [1.29, 1.82) is 5.26 Å². The molecule has 0 saturated heterocycles. The lowest BCUT2D eigenvalue weighted by atomic mass is 10.0. The van der Waals surface area contributed by atoms with Crippen LogP contribution in [0.4, 0.5) is 11.4 Å². The van der Waals surface area contributed by atoms with E-state index in [9.17, 15) is 4.79 Å². The molecule has 0 aromatic heterocycles. The van der Waals surface area contributed by atoms with Gasteiger partial charge in [0.15, 0.2) is 6.10 Å². The van der Waals surface area contributed by atoms with Crippen LogP contribution in [0.2, 0.25) is 0 Å². The Hall–Kier alpha value is -3.20. The van der Waals surface area contributed by atoms with E-state index < -0.39 is 6.10 Å². The number of benzene rings is 2. The number of hydrogen-bond donors (Lipinski definition) is 1. The number of nitriles is 1. The van der Waals surface area contributed by atoms with Crippen molar-refractivity contribution in [1.82, 2.24) is 0 Å². The number of methoxy groups -OCH3 is 1. The normalized spacial score (nSPS) is 16.1. The summed E-state index contributed by atoms with van der Waals surface area (Å²) in [4.78, 5) is 14.1. The molecule has 1 aliphatic heterocycles. The summed E-state index contributed by atoms with van der Waals surface area (Å²) in [5, 5.41) is 9.03. The van der Waals surface area contributed by atoms with Crippen molar-refractivity contribution in [3.63, 3.8) is 0 Å². The molecule has 2 aromatic rings. The monoisotopic (exact) mass is 323 g/mol. The fourth-order valence-electron chi connectivity index (χ4n) is 2.72. The molecular weight excluding hydrogens is 306 g/mol. The molecule has 0 aliphatic carbocycles. The summed E-state index contributed by atoms with van der Waals surface area (Å²) in [6, 6.07) is 14.5. The topological polar surface area (TPSA) is 88.6 Å². The van der Waals surface area contributed by atoms with Crippen molar-refractivity contribution in [3.8, 4) is 17.6 Å². The highest BCUT2D eigenvalue weighted by atomic mass is 16.5. The molecular formula is C18H17N3O3. The highest BCUT2D eigenvalue weighted by Crippen LogP contribution is 2.36. The van der Waals surface area contributed by atoms with Gasteiger partial charge in [-0.1, -0.05) is 12.1 Å². The molecule has 1 aliphatic rings. The number of carbonyl (C=O) groups excluding carboxylic acids is 1. The summed E-state index contributed by atoms with van der Waals surface area (Å²) in [5.41, 5.74) is 7.83. The molecule has 1 unspecified atom stereocenters. The van der Waals surface area contributed by atoms with Crippen molar-refractivity contribution >= 4 is 17.3 Å². The largest absolute Gasteiger partial charge is 0.497 e. The van der Waals surface area contributed by atoms with Gasteiger partial charge in [0, 0.05) is 18.2 Å². The highest BCUT2D eigenvalue weighted by molar-refractivity contribution is 6.00. The summed E-state index contributed by atoms with van der Waals surface area (Å²) < 4.78 is 11.1. The van der Waals surface area contributed by atoms with E-state index in [-0.39, 0.29) is 12.5 Å². The van der Waals surface area contributed by atoms with E-state index in [1.165, 1.54) is 4.90 Å². The molecule has 6 heteroatoms. The second kappa shape index (κ2) is 6.50. The zero-order valence-electron chi connectivity index (χ0n) is 13.2. The Kier molecular flexibility index (Phi) is 4.25. The minimum atomic E-state index is -0.709. The number of hydrogen-bond acceptors (Lipinski definition) is 5. The first-order valence-corrected chi connectivity index (χ1v) is 7.50. The van der Waals surface area contributed by atoms with E-state index in [1.807, 2.05) is 30.3 Å². The lowest BCUT2D eigenvalue weighted by Gasteiger charge is -2.33. The number of nitrogen functional groups attached to an aromatic ring is 1. The van der Waals surface area contributed by atoms with E-state index in [0.29, 0.717) is 29.3 Å². The van der Waals surface area contributed by atoms with Crippen molar-refractivity contribution in [3.05, 3.63) is 48.0 Å². The molecule has 2 aromatic carbocycles. The third-order valence-electron chi connectivity index (χ3n) is 3.87. The zero-order valence-corrected chi connectivity index (χ0v) is 13.2. The molecule has 1 amide bonds. The molecule has 1 atom stereocenters. The molecule has 0 spiro atoms. The van der Waals surface area contributed by atoms with E-state index in [2.05, 4.69) is 0 Å². The number of anilines is 2. The van der Waals surface area contributed by atoms with Crippen LogP contribution in [0.25, 0.3) is 0 Å². The molecule has 0 saturated carbocycles. The molecule has 122 valence electrons.